The number of nitrogens with two attached hydrogens (primary N) is 1. The highest BCUT2D eigenvalue weighted by atomic mass is 16.2. The molecule has 1 atom stereocenters. The van der Waals surface area contributed by atoms with E-state index in [1.807, 2.05) is 17.0 Å². The van der Waals surface area contributed by atoms with E-state index in [1.54, 1.807) is 12.1 Å². The van der Waals surface area contributed by atoms with Gasteiger partial charge in [-0.15, -0.1) is 0 Å². The molecule has 10 heteroatoms. The van der Waals surface area contributed by atoms with E-state index in [0.717, 1.165) is 5.56 Å². The Balaban J connectivity index is 1.56. The second kappa shape index (κ2) is 9.05. The summed E-state index contributed by atoms with van der Waals surface area (Å²) in [6, 6.07) is 7.48. The van der Waals surface area contributed by atoms with E-state index >= 15 is 0 Å². The molecule has 1 fully saturated rings. The van der Waals surface area contributed by atoms with Crippen molar-refractivity contribution in [3.8, 4) is 0 Å². The molecular formula is C23H28N6O4. The Kier molecular flexibility index (Phi) is 6.17. The van der Waals surface area contributed by atoms with Crippen molar-refractivity contribution in [1.29, 1.82) is 0 Å². The fourth-order valence-electron chi connectivity index (χ4n) is 4.29. The topological polar surface area (TPSA) is 150 Å². The molecule has 10 nitrogen and oxygen atoms in total. The fraction of sp³-hybridized carbons (Fsp3) is 0.435. The number of primary amides is 1. The molecule has 5 N–H and O–H groups in total. The van der Waals surface area contributed by atoms with Gasteiger partial charge >= 0.3 is 0 Å². The van der Waals surface area contributed by atoms with E-state index in [-0.39, 0.29) is 35.5 Å². The monoisotopic (exact) mass is 452 g/mol. The molecule has 3 amide bonds. The quantitative estimate of drug-likeness (QED) is 0.542. The van der Waals surface area contributed by atoms with Gasteiger partial charge in [0.25, 0.3) is 5.56 Å². The average Bonchev–Trinajstić information content (AvgIpc) is 2.78. The minimum Gasteiger partial charge on any atom is -0.369 e. The normalized spacial score (nSPS) is 18.6. The van der Waals surface area contributed by atoms with Crippen molar-refractivity contribution in [2.24, 2.45) is 11.7 Å². The zero-order valence-electron chi connectivity index (χ0n) is 18.7. The molecule has 0 radical (unpaired) electrons. The minimum atomic E-state index is -0.954. The van der Waals surface area contributed by atoms with Crippen LogP contribution in [0.3, 0.4) is 0 Å². The van der Waals surface area contributed by atoms with Crippen LogP contribution in [0.15, 0.2) is 29.1 Å². The van der Waals surface area contributed by atoms with Gasteiger partial charge in [-0.3, -0.25) is 24.2 Å². The maximum absolute atomic E-state index is 13.0. The second-order valence-electron chi connectivity index (χ2n) is 8.89. The molecule has 0 spiro atoms. The van der Waals surface area contributed by atoms with Crippen LogP contribution in [-0.4, -0.2) is 40.8 Å². The lowest BCUT2D eigenvalue weighted by molar-refractivity contribution is -0.123. The van der Waals surface area contributed by atoms with E-state index in [9.17, 15) is 19.2 Å². The van der Waals surface area contributed by atoms with E-state index in [1.165, 1.54) is 0 Å². The molecule has 174 valence electrons. The van der Waals surface area contributed by atoms with Crippen molar-refractivity contribution in [2.75, 3.05) is 28.6 Å². The number of hydrogen-bond donors (Lipinski definition) is 4. The predicted octanol–water partition coefficient (Wildman–Crippen LogP) is 1.66. The first kappa shape index (κ1) is 22.5. The Bertz CT molecular complexity index is 1130. The number of H-pyrrole nitrogens is 1. The van der Waals surface area contributed by atoms with Crippen molar-refractivity contribution in [2.45, 2.75) is 44.9 Å². The number of nitrogens with zero attached hydrogens (tertiary/aromatic N) is 2. The van der Waals surface area contributed by atoms with Crippen LogP contribution in [0, 0.1) is 5.92 Å². The third-order valence-corrected chi connectivity index (χ3v) is 6.30. The molecule has 0 aliphatic carbocycles. The summed E-state index contributed by atoms with van der Waals surface area (Å²) in [6.45, 7) is 5.16. The smallest absolute Gasteiger partial charge is 0.258 e. The number of carbonyl (C=O) groups is 3. The maximum Gasteiger partial charge on any atom is 0.258 e. The summed E-state index contributed by atoms with van der Waals surface area (Å²) < 4.78 is 0. The molecule has 0 saturated carbocycles. The summed E-state index contributed by atoms with van der Waals surface area (Å²) in [5.74, 6) is -1.55. The fourth-order valence-corrected chi connectivity index (χ4v) is 4.29. The first-order valence-electron chi connectivity index (χ1n) is 11.1. The highest BCUT2D eigenvalue weighted by molar-refractivity contribution is 6.04. The van der Waals surface area contributed by atoms with Crippen molar-refractivity contribution >= 4 is 35.2 Å². The molecule has 1 aromatic heterocycles. The van der Waals surface area contributed by atoms with Crippen molar-refractivity contribution in [3.63, 3.8) is 0 Å². The lowest BCUT2D eigenvalue weighted by Gasteiger charge is -2.32. The van der Waals surface area contributed by atoms with Gasteiger partial charge in [-0.05, 0) is 36.5 Å². The number of hydrogen-bond acceptors (Lipinski definition) is 6. The molecule has 33 heavy (non-hydrogen) atoms. The number of nitrogens with one attached hydrogen (secondary N) is 3. The van der Waals surface area contributed by atoms with E-state index in [0.29, 0.717) is 43.5 Å². The second-order valence-corrected chi connectivity index (χ2v) is 8.89. The van der Waals surface area contributed by atoms with Gasteiger partial charge in [-0.25, -0.2) is 0 Å². The Labute approximate surface area is 191 Å². The number of carbonyl (C=O) groups excluding carboxylic acids is 3. The predicted molar refractivity (Wildman–Crippen MR) is 124 cm³/mol. The highest BCUT2D eigenvalue weighted by Crippen LogP contribution is 2.31. The number of benzene rings is 1. The molecule has 2 aromatic rings. The van der Waals surface area contributed by atoms with E-state index < -0.39 is 17.4 Å². The lowest BCUT2D eigenvalue weighted by atomic mass is 9.92. The summed E-state index contributed by atoms with van der Waals surface area (Å²) in [4.78, 5) is 58.7. The standard InChI is InChI=1S/C23H28N6O4/c1-12(2)13-3-5-15(6-4-13)25-21(32)16-11-17(30)26-20-18(16)22(33)28-23(27-20)29-9-7-14(8-10-29)19(24)31/h3-6,12,14,16H,7-11H2,1-2H3,(H2,24,31)(H,25,32)(H2,26,27,28,30,33). The number of aromatic amines is 1. The largest absolute Gasteiger partial charge is 0.369 e. The Hall–Kier alpha value is -3.69. The molecule has 1 aromatic carbocycles. The van der Waals surface area contributed by atoms with Crippen molar-refractivity contribution in [3.05, 3.63) is 45.7 Å². The first-order chi connectivity index (χ1) is 15.7. The third-order valence-electron chi connectivity index (χ3n) is 6.30. The number of amides is 3. The van der Waals surface area contributed by atoms with Crippen LogP contribution < -0.4 is 26.8 Å². The number of fused-ring (bicyclic) bond motifs is 1. The van der Waals surface area contributed by atoms with Gasteiger partial charge in [0.05, 0.1) is 11.5 Å². The highest BCUT2D eigenvalue weighted by Gasteiger charge is 2.35. The Morgan fingerprint density at radius 1 is 1.15 bits per heavy atom. The summed E-state index contributed by atoms with van der Waals surface area (Å²) in [7, 11) is 0. The molecule has 4 rings (SSSR count). The van der Waals surface area contributed by atoms with Crippen LogP contribution >= 0.6 is 0 Å². The van der Waals surface area contributed by atoms with Crippen LogP contribution in [0.1, 0.15) is 56.1 Å². The van der Waals surface area contributed by atoms with Crippen LogP contribution in [0.25, 0.3) is 0 Å². The Morgan fingerprint density at radius 2 is 1.82 bits per heavy atom. The van der Waals surface area contributed by atoms with Gasteiger partial charge in [0.1, 0.15) is 5.82 Å². The third kappa shape index (κ3) is 4.74. The van der Waals surface area contributed by atoms with Gasteiger partial charge in [-0.2, -0.15) is 4.98 Å². The van der Waals surface area contributed by atoms with Gasteiger partial charge < -0.3 is 21.3 Å². The summed E-state index contributed by atoms with van der Waals surface area (Å²) in [5.41, 5.74) is 6.79. The van der Waals surface area contributed by atoms with Crippen LogP contribution in [-0.2, 0) is 14.4 Å². The molecule has 2 aliphatic heterocycles. The maximum atomic E-state index is 13.0. The molecular weight excluding hydrogens is 424 g/mol. The molecule has 3 heterocycles. The number of rotatable bonds is 5. The first-order valence-corrected chi connectivity index (χ1v) is 11.1. The van der Waals surface area contributed by atoms with Crippen LogP contribution in [0.2, 0.25) is 0 Å². The van der Waals surface area contributed by atoms with Gasteiger partial charge in [-0.1, -0.05) is 26.0 Å². The van der Waals surface area contributed by atoms with Crippen molar-refractivity contribution < 1.29 is 14.4 Å². The average molecular weight is 453 g/mol. The van der Waals surface area contributed by atoms with Gasteiger partial charge in [0, 0.05) is 31.1 Å². The van der Waals surface area contributed by atoms with E-state index in [4.69, 9.17) is 5.73 Å². The molecule has 2 aliphatic rings. The molecule has 1 unspecified atom stereocenters. The van der Waals surface area contributed by atoms with E-state index in [2.05, 4.69) is 34.4 Å². The summed E-state index contributed by atoms with van der Waals surface area (Å²) >= 11 is 0. The zero-order valence-corrected chi connectivity index (χ0v) is 18.7. The Morgan fingerprint density at radius 3 is 2.42 bits per heavy atom. The summed E-state index contributed by atoms with van der Waals surface area (Å²) in [5, 5.41) is 5.43. The number of aromatic nitrogens is 2. The lowest BCUT2D eigenvalue weighted by Crippen LogP contribution is -2.41. The van der Waals surface area contributed by atoms with Gasteiger partial charge in [0.2, 0.25) is 23.7 Å². The number of anilines is 3. The number of piperidine rings is 1. The van der Waals surface area contributed by atoms with Crippen molar-refractivity contribution in [1.82, 2.24) is 9.97 Å². The minimum absolute atomic E-state index is 0.0948. The van der Waals surface area contributed by atoms with Gasteiger partial charge in [0.15, 0.2) is 0 Å². The SMILES string of the molecule is CC(C)c1ccc(NC(=O)C2CC(=O)Nc3nc(N4CCC(C(N)=O)CC4)[nH]c(=O)c32)cc1. The molecule has 0 bridgehead atoms. The van der Waals surface area contributed by atoms with Crippen LogP contribution in [0.4, 0.5) is 17.5 Å². The molecule has 1 saturated heterocycles. The van der Waals surface area contributed by atoms with Crippen LogP contribution in [0.5, 0.6) is 0 Å². The summed E-state index contributed by atoms with van der Waals surface area (Å²) in [6.07, 6.45) is 0.975. The zero-order chi connectivity index (χ0) is 23.7.